The summed E-state index contributed by atoms with van der Waals surface area (Å²) >= 11 is 0. The molecule has 0 unspecified atom stereocenters. The zero-order valence-corrected chi connectivity index (χ0v) is 21.9. The predicted molar refractivity (Wildman–Crippen MR) is 165 cm³/mol. The first-order valence-electron chi connectivity index (χ1n) is 12.3. The van der Waals surface area contributed by atoms with Gasteiger partial charge in [0.05, 0.1) is 5.69 Å². The van der Waals surface area contributed by atoms with Crippen molar-refractivity contribution in [3.05, 3.63) is 170 Å². The molecular weight excluding hydrogens is 446 g/mol. The lowest BCUT2D eigenvalue weighted by molar-refractivity contribution is 1.24. The molecule has 0 N–H and O–H groups in total. The highest BCUT2D eigenvalue weighted by Gasteiger charge is 2.17. The van der Waals surface area contributed by atoms with E-state index in [1.165, 1.54) is 22.3 Å². The van der Waals surface area contributed by atoms with Crippen molar-refractivity contribution in [2.75, 3.05) is 4.90 Å². The van der Waals surface area contributed by atoms with E-state index in [9.17, 15) is 0 Å². The van der Waals surface area contributed by atoms with Gasteiger partial charge in [-0.15, -0.1) is 0 Å². The van der Waals surface area contributed by atoms with Crippen LogP contribution >= 0.6 is 0 Å². The minimum absolute atomic E-state index is 1.04. The highest BCUT2D eigenvalue weighted by atomic mass is 15.1. The van der Waals surface area contributed by atoms with E-state index in [-0.39, 0.29) is 0 Å². The van der Waals surface area contributed by atoms with Gasteiger partial charge in [0.15, 0.2) is 0 Å². The van der Waals surface area contributed by atoms with E-state index in [0.717, 1.165) is 28.2 Å². The second kappa shape index (κ2) is 13.5. The summed E-state index contributed by atoms with van der Waals surface area (Å²) in [6, 6.07) is 34.3. The van der Waals surface area contributed by atoms with E-state index in [1.54, 1.807) is 12.2 Å². The van der Waals surface area contributed by atoms with Crippen LogP contribution in [0, 0.1) is 13.8 Å². The Hall–Kier alpha value is -4.62. The van der Waals surface area contributed by atoms with Crippen molar-refractivity contribution in [1.82, 2.24) is 0 Å². The third-order valence-electron chi connectivity index (χ3n) is 6.12. The van der Waals surface area contributed by atoms with Crippen molar-refractivity contribution < 1.29 is 0 Å². The monoisotopic (exact) mass is 481 g/mol. The number of benzene rings is 4. The Morgan fingerprint density at radius 2 is 1.19 bits per heavy atom. The second-order valence-electron chi connectivity index (χ2n) is 8.57. The average molecular weight is 482 g/mol. The topological polar surface area (TPSA) is 3.24 Å². The lowest BCUT2D eigenvalue weighted by Crippen LogP contribution is -2.12. The Bertz CT molecular complexity index is 1380. The standard InChI is InChI=1S/C32H29N.C4H6/c1-5-12-26(6-2)31-15-10-11-16-32(31)33(30-20-17-24(3)25(4)23-30)29-21-18-28(19-22-29)27-13-8-7-9-14-27;1-3-4-2/h5-23H,1-2H2,3-4H3;3-4H,1-2H2/b26-12+;. The summed E-state index contributed by atoms with van der Waals surface area (Å²) in [6.45, 7) is 19.0. The van der Waals surface area contributed by atoms with Crippen LogP contribution in [0.2, 0.25) is 0 Å². The van der Waals surface area contributed by atoms with Gasteiger partial charge in [-0.2, -0.15) is 0 Å². The molecule has 4 rings (SSSR count). The molecule has 0 aliphatic heterocycles. The number of rotatable bonds is 8. The van der Waals surface area contributed by atoms with E-state index in [0.29, 0.717) is 0 Å². The highest BCUT2D eigenvalue weighted by molar-refractivity contribution is 5.89. The van der Waals surface area contributed by atoms with Gasteiger partial charge in [-0.05, 0) is 72.0 Å². The van der Waals surface area contributed by atoms with Crippen LogP contribution in [-0.2, 0) is 0 Å². The summed E-state index contributed by atoms with van der Waals surface area (Å²) in [5.74, 6) is 0. The molecule has 37 heavy (non-hydrogen) atoms. The summed E-state index contributed by atoms with van der Waals surface area (Å²) in [7, 11) is 0. The Morgan fingerprint density at radius 1 is 0.595 bits per heavy atom. The maximum atomic E-state index is 4.04. The quantitative estimate of drug-likeness (QED) is 0.226. The first-order valence-corrected chi connectivity index (χ1v) is 12.3. The molecule has 0 heterocycles. The molecule has 0 atom stereocenters. The van der Waals surface area contributed by atoms with Gasteiger partial charge in [0, 0.05) is 16.9 Å². The molecule has 0 bridgehead atoms. The molecule has 0 aliphatic carbocycles. The molecule has 0 amide bonds. The maximum absolute atomic E-state index is 4.04. The largest absolute Gasteiger partial charge is 0.310 e. The van der Waals surface area contributed by atoms with E-state index in [2.05, 4.69) is 136 Å². The first-order chi connectivity index (χ1) is 18.0. The molecule has 0 saturated heterocycles. The molecule has 0 saturated carbocycles. The molecule has 0 aromatic heterocycles. The van der Waals surface area contributed by atoms with Crippen molar-refractivity contribution in [2.45, 2.75) is 13.8 Å². The predicted octanol–water partition coefficient (Wildman–Crippen LogP) is 10.6. The average Bonchev–Trinajstić information content (AvgIpc) is 2.95. The van der Waals surface area contributed by atoms with Gasteiger partial charge in [-0.1, -0.05) is 123 Å². The number of hydrogen-bond acceptors (Lipinski definition) is 1. The van der Waals surface area contributed by atoms with Crippen LogP contribution in [0.15, 0.2) is 154 Å². The van der Waals surface area contributed by atoms with Gasteiger partial charge < -0.3 is 4.90 Å². The Labute approximate surface area is 222 Å². The van der Waals surface area contributed by atoms with E-state index in [4.69, 9.17) is 0 Å². The van der Waals surface area contributed by atoms with Crippen LogP contribution in [0.3, 0.4) is 0 Å². The normalized spacial score (nSPS) is 10.5. The fourth-order valence-corrected chi connectivity index (χ4v) is 4.03. The van der Waals surface area contributed by atoms with Crippen molar-refractivity contribution in [2.24, 2.45) is 0 Å². The van der Waals surface area contributed by atoms with Crippen LogP contribution < -0.4 is 4.90 Å². The third kappa shape index (κ3) is 6.74. The SMILES string of the molecule is C=C/C=C(\C=C)c1ccccc1N(c1ccc(-c2ccccc2)cc1)c1ccc(C)c(C)c1.C=CC=C. The highest BCUT2D eigenvalue weighted by Crippen LogP contribution is 2.40. The molecular formula is C36H35N. The van der Waals surface area contributed by atoms with Gasteiger partial charge in [0.25, 0.3) is 0 Å². The second-order valence-corrected chi connectivity index (χ2v) is 8.57. The van der Waals surface area contributed by atoms with Gasteiger partial charge in [0.2, 0.25) is 0 Å². The summed E-state index contributed by atoms with van der Waals surface area (Å²) in [6.07, 6.45) is 8.98. The summed E-state index contributed by atoms with van der Waals surface area (Å²) < 4.78 is 0. The van der Waals surface area contributed by atoms with Crippen LogP contribution in [-0.4, -0.2) is 0 Å². The molecule has 0 radical (unpaired) electrons. The zero-order valence-electron chi connectivity index (χ0n) is 21.9. The Balaban J connectivity index is 0.000000886. The van der Waals surface area contributed by atoms with Gasteiger partial charge in [0.1, 0.15) is 0 Å². The number of anilines is 3. The number of hydrogen-bond donors (Lipinski definition) is 0. The van der Waals surface area contributed by atoms with Gasteiger partial charge in [-0.25, -0.2) is 0 Å². The fraction of sp³-hybridized carbons (Fsp3) is 0.0556. The Morgan fingerprint density at radius 3 is 1.78 bits per heavy atom. The van der Waals surface area contributed by atoms with E-state index < -0.39 is 0 Å². The van der Waals surface area contributed by atoms with Gasteiger partial charge in [-0.3, -0.25) is 0 Å². The molecule has 0 aliphatic rings. The smallest absolute Gasteiger partial charge is 0.0540 e. The van der Waals surface area contributed by atoms with Crippen LogP contribution in [0.1, 0.15) is 16.7 Å². The minimum atomic E-state index is 1.04. The molecule has 1 nitrogen and oxygen atoms in total. The maximum Gasteiger partial charge on any atom is 0.0540 e. The lowest BCUT2D eigenvalue weighted by Gasteiger charge is -2.28. The molecule has 0 spiro atoms. The van der Waals surface area contributed by atoms with E-state index >= 15 is 0 Å². The zero-order chi connectivity index (χ0) is 26.6. The molecule has 4 aromatic carbocycles. The van der Waals surface area contributed by atoms with Crippen molar-refractivity contribution in [1.29, 1.82) is 0 Å². The number of aryl methyl sites for hydroxylation is 2. The van der Waals surface area contributed by atoms with Gasteiger partial charge >= 0.3 is 0 Å². The summed E-state index contributed by atoms with van der Waals surface area (Å²) in [4.78, 5) is 2.32. The van der Waals surface area contributed by atoms with Crippen molar-refractivity contribution in [3.63, 3.8) is 0 Å². The Kier molecular flexibility index (Phi) is 9.82. The third-order valence-corrected chi connectivity index (χ3v) is 6.12. The molecule has 184 valence electrons. The van der Waals surface area contributed by atoms with Crippen molar-refractivity contribution >= 4 is 22.6 Å². The summed E-state index contributed by atoms with van der Waals surface area (Å²) in [5, 5.41) is 0. The van der Waals surface area contributed by atoms with Crippen LogP contribution in [0.25, 0.3) is 16.7 Å². The van der Waals surface area contributed by atoms with Crippen LogP contribution in [0.5, 0.6) is 0 Å². The molecule has 4 aromatic rings. The summed E-state index contributed by atoms with van der Waals surface area (Å²) in [5.41, 5.74) is 10.4. The molecule has 0 fully saturated rings. The minimum Gasteiger partial charge on any atom is -0.310 e. The molecule has 1 heteroatoms. The van der Waals surface area contributed by atoms with Crippen molar-refractivity contribution in [3.8, 4) is 11.1 Å². The first kappa shape index (κ1) is 27.0. The number of nitrogens with zero attached hydrogens (tertiary/aromatic N) is 1. The van der Waals surface area contributed by atoms with Crippen LogP contribution in [0.4, 0.5) is 17.1 Å². The number of allylic oxidation sites excluding steroid dienone is 6. The number of para-hydroxylation sites is 1. The fourth-order valence-electron chi connectivity index (χ4n) is 4.03. The van der Waals surface area contributed by atoms with E-state index in [1.807, 2.05) is 24.3 Å². The lowest BCUT2D eigenvalue weighted by atomic mass is 10.00.